The Morgan fingerprint density at radius 1 is 0.909 bits per heavy atom. The van der Waals surface area contributed by atoms with Gasteiger partial charge in [-0.3, -0.25) is 0 Å². The lowest BCUT2D eigenvalue weighted by Crippen LogP contribution is -2.29. The average Bonchev–Trinajstić information content (AvgIpc) is 2.54. The smallest absolute Gasteiger partial charge is 0.119 e. The zero-order chi connectivity index (χ0) is 15.6. The van der Waals surface area contributed by atoms with Crippen LogP contribution in [0.5, 0.6) is 5.75 Å². The molecular formula is C20H27NO. The average molecular weight is 297 g/mol. The molecule has 118 valence electrons. The first-order valence-electron chi connectivity index (χ1n) is 8.29. The van der Waals surface area contributed by atoms with Crippen LogP contribution < -0.4 is 9.64 Å². The second-order valence-corrected chi connectivity index (χ2v) is 5.69. The van der Waals surface area contributed by atoms with Crippen molar-refractivity contribution in [2.45, 2.75) is 33.1 Å². The van der Waals surface area contributed by atoms with Crippen molar-refractivity contribution >= 4 is 5.69 Å². The molecule has 2 aromatic rings. The number of aryl methyl sites for hydroxylation is 1. The predicted molar refractivity (Wildman–Crippen MR) is 94.9 cm³/mol. The van der Waals surface area contributed by atoms with Gasteiger partial charge in [-0.05, 0) is 43.2 Å². The summed E-state index contributed by atoms with van der Waals surface area (Å²) >= 11 is 0. The van der Waals surface area contributed by atoms with E-state index in [0.717, 1.165) is 18.8 Å². The number of anilines is 1. The van der Waals surface area contributed by atoms with Gasteiger partial charge in [0, 0.05) is 12.2 Å². The van der Waals surface area contributed by atoms with Gasteiger partial charge in [0.05, 0.1) is 6.54 Å². The molecule has 2 heteroatoms. The molecule has 0 atom stereocenters. The Morgan fingerprint density at radius 3 is 2.45 bits per heavy atom. The van der Waals surface area contributed by atoms with Crippen LogP contribution in [0.3, 0.4) is 0 Å². The van der Waals surface area contributed by atoms with Crippen molar-refractivity contribution in [2.75, 3.05) is 24.6 Å². The molecule has 0 heterocycles. The Hall–Kier alpha value is -1.96. The van der Waals surface area contributed by atoms with Crippen LogP contribution >= 0.6 is 0 Å². The molecule has 0 bridgehead atoms. The van der Waals surface area contributed by atoms with Crippen LogP contribution in [0.15, 0.2) is 54.6 Å². The van der Waals surface area contributed by atoms with Crippen LogP contribution in [0.2, 0.25) is 0 Å². The van der Waals surface area contributed by atoms with E-state index < -0.39 is 0 Å². The molecular weight excluding hydrogens is 270 g/mol. The minimum Gasteiger partial charge on any atom is -0.492 e. The zero-order valence-electron chi connectivity index (χ0n) is 13.8. The molecule has 22 heavy (non-hydrogen) atoms. The highest BCUT2D eigenvalue weighted by Crippen LogP contribution is 2.17. The number of nitrogens with zero attached hydrogens (tertiary/aromatic N) is 1. The lowest BCUT2D eigenvalue weighted by atomic mass is 10.2. The van der Waals surface area contributed by atoms with Crippen LogP contribution in [-0.4, -0.2) is 19.7 Å². The van der Waals surface area contributed by atoms with Gasteiger partial charge in [-0.2, -0.15) is 0 Å². The first kappa shape index (κ1) is 16.4. The summed E-state index contributed by atoms with van der Waals surface area (Å²) in [6, 6.07) is 18.8. The lowest BCUT2D eigenvalue weighted by molar-refractivity contribution is 0.323. The standard InChI is InChI=1S/C20H27NO/c1-3-4-8-14-21(19-11-9-10-18(2)17-19)15-16-22-20-12-6-5-7-13-20/h5-7,9-13,17H,3-4,8,14-16H2,1-2H3. The van der Waals surface area contributed by atoms with Crippen molar-refractivity contribution in [3.05, 3.63) is 60.2 Å². The molecule has 0 aliphatic heterocycles. The van der Waals surface area contributed by atoms with Crippen LogP contribution in [0.4, 0.5) is 5.69 Å². The lowest BCUT2D eigenvalue weighted by Gasteiger charge is -2.25. The van der Waals surface area contributed by atoms with Crippen molar-refractivity contribution in [2.24, 2.45) is 0 Å². The molecule has 0 saturated heterocycles. The van der Waals surface area contributed by atoms with E-state index in [1.165, 1.54) is 30.5 Å². The van der Waals surface area contributed by atoms with Crippen LogP contribution in [0, 0.1) is 6.92 Å². The van der Waals surface area contributed by atoms with E-state index in [4.69, 9.17) is 4.74 Å². The Bertz CT molecular complexity index is 538. The molecule has 0 saturated carbocycles. The summed E-state index contributed by atoms with van der Waals surface area (Å²) in [6.07, 6.45) is 3.76. The third-order valence-electron chi connectivity index (χ3n) is 3.77. The molecule has 0 aliphatic carbocycles. The first-order valence-corrected chi connectivity index (χ1v) is 8.29. The number of unbranched alkanes of at least 4 members (excludes halogenated alkanes) is 2. The number of hydrogen-bond acceptors (Lipinski definition) is 2. The summed E-state index contributed by atoms with van der Waals surface area (Å²) in [4.78, 5) is 2.44. The van der Waals surface area contributed by atoms with Gasteiger partial charge < -0.3 is 9.64 Å². The van der Waals surface area contributed by atoms with Gasteiger partial charge in [-0.15, -0.1) is 0 Å². The van der Waals surface area contributed by atoms with E-state index in [0.29, 0.717) is 6.61 Å². The molecule has 0 fully saturated rings. The van der Waals surface area contributed by atoms with Gasteiger partial charge in [-0.25, -0.2) is 0 Å². The number of hydrogen-bond donors (Lipinski definition) is 0. The van der Waals surface area contributed by atoms with Gasteiger partial charge >= 0.3 is 0 Å². The Kier molecular flexibility index (Phi) is 6.82. The second kappa shape index (κ2) is 9.14. The zero-order valence-corrected chi connectivity index (χ0v) is 13.8. The molecule has 2 aromatic carbocycles. The highest BCUT2D eigenvalue weighted by molar-refractivity contribution is 5.48. The van der Waals surface area contributed by atoms with Gasteiger partial charge in [0.15, 0.2) is 0 Å². The molecule has 0 aromatic heterocycles. The fraction of sp³-hybridized carbons (Fsp3) is 0.400. The summed E-state index contributed by atoms with van der Waals surface area (Å²) in [5, 5.41) is 0. The normalized spacial score (nSPS) is 10.5. The van der Waals surface area contributed by atoms with E-state index in [2.05, 4.69) is 43.0 Å². The Morgan fingerprint density at radius 2 is 1.73 bits per heavy atom. The molecule has 0 aliphatic rings. The largest absolute Gasteiger partial charge is 0.492 e. The fourth-order valence-corrected chi connectivity index (χ4v) is 2.54. The number of ether oxygens (including phenoxy) is 1. The molecule has 2 nitrogen and oxygen atoms in total. The monoisotopic (exact) mass is 297 g/mol. The number of para-hydroxylation sites is 1. The molecule has 2 rings (SSSR count). The van der Waals surface area contributed by atoms with Crippen molar-refractivity contribution in [3.63, 3.8) is 0 Å². The van der Waals surface area contributed by atoms with Crippen LogP contribution in [0.25, 0.3) is 0 Å². The maximum atomic E-state index is 5.85. The molecule has 0 radical (unpaired) electrons. The topological polar surface area (TPSA) is 12.5 Å². The highest BCUT2D eigenvalue weighted by Gasteiger charge is 2.06. The van der Waals surface area contributed by atoms with Gasteiger partial charge in [0.25, 0.3) is 0 Å². The van der Waals surface area contributed by atoms with Gasteiger partial charge in [-0.1, -0.05) is 50.1 Å². The van der Waals surface area contributed by atoms with E-state index in [1.54, 1.807) is 0 Å². The van der Waals surface area contributed by atoms with Gasteiger partial charge in [0.2, 0.25) is 0 Å². The molecule has 0 unspecified atom stereocenters. The van der Waals surface area contributed by atoms with E-state index in [-0.39, 0.29) is 0 Å². The molecule has 0 spiro atoms. The third-order valence-corrected chi connectivity index (χ3v) is 3.77. The SMILES string of the molecule is CCCCCN(CCOc1ccccc1)c1cccc(C)c1. The number of benzene rings is 2. The van der Waals surface area contributed by atoms with E-state index in [9.17, 15) is 0 Å². The Balaban J connectivity index is 1.92. The summed E-state index contributed by atoms with van der Waals surface area (Å²) < 4.78 is 5.85. The minimum absolute atomic E-state index is 0.712. The minimum atomic E-state index is 0.712. The number of rotatable bonds is 9. The summed E-state index contributed by atoms with van der Waals surface area (Å²) in [5.41, 5.74) is 2.61. The highest BCUT2D eigenvalue weighted by atomic mass is 16.5. The summed E-state index contributed by atoms with van der Waals surface area (Å²) in [7, 11) is 0. The third kappa shape index (κ3) is 5.44. The second-order valence-electron chi connectivity index (χ2n) is 5.69. The Labute approximate surface area is 134 Å². The quantitative estimate of drug-likeness (QED) is 0.599. The summed E-state index contributed by atoms with van der Waals surface area (Å²) in [5.74, 6) is 0.945. The summed E-state index contributed by atoms with van der Waals surface area (Å²) in [6.45, 7) is 7.12. The predicted octanol–water partition coefficient (Wildman–Crippen LogP) is 5.07. The van der Waals surface area contributed by atoms with Crippen LogP contribution in [-0.2, 0) is 0 Å². The van der Waals surface area contributed by atoms with E-state index in [1.807, 2.05) is 30.3 Å². The first-order chi connectivity index (χ1) is 10.8. The fourth-order valence-electron chi connectivity index (χ4n) is 2.54. The van der Waals surface area contributed by atoms with Crippen molar-refractivity contribution in [1.29, 1.82) is 0 Å². The maximum absolute atomic E-state index is 5.85. The van der Waals surface area contributed by atoms with Crippen molar-refractivity contribution in [3.8, 4) is 5.75 Å². The van der Waals surface area contributed by atoms with Crippen molar-refractivity contribution in [1.82, 2.24) is 0 Å². The van der Waals surface area contributed by atoms with E-state index >= 15 is 0 Å². The van der Waals surface area contributed by atoms with Crippen LogP contribution in [0.1, 0.15) is 31.7 Å². The maximum Gasteiger partial charge on any atom is 0.119 e. The van der Waals surface area contributed by atoms with Crippen molar-refractivity contribution < 1.29 is 4.74 Å². The molecule has 0 N–H and O–H groups in total. The molecule has 0 amide bonds. The van der Waals surface area contributed by atoms with Gasteiger partial charge in [0.1, 0.15) is 12.4 Å².